The van der Waals surface area contributed by atoms with E-state index in [-0.39, 0.29) is 28.2 Å². The molecule has 0 aliphatic carbocycles. The Balaban J connectivity index is 1.39. The number of piperidine rings is 1. The molecule has 2 fully saturated rings. The van der Waals surface area contributed by atoms with Gasteiger partial charge >= 0.3 is 12.2 Å². The number of hydrogen-bond acceptors (Lipinski definition) is 9. The van der Waals surface area contributed by atoms with Crippen LogP contribution in [0.3, 0.4) is 0 Å². The molecule has 260 valence electrons. The minimum atomic E-state index is -4.64. The summed E-state index contributed by atoms with van der Waals surface area (Å²) in [5.74, 6) is -0.234. The number of rotatable bonds is 9. The molecule has 2 saturated heterocycles. The van der Waals surface area contributed by atoms with Crippen LogP contribution in [-0.4, -0.2) is 95.2 Å². The van der Waals surface area contributed by atoms with Crippen molar-refractivity contribution in [3.8, 4) is 21.7 Å². The first-order valence-electron chi connectivity index (χ1n) is 16.3. The van der Waals surface area contributed by atoms with E-state index in [0.29, 0.717) is 34.1 Å². The maximum Gasteiger partial charge on any atom is 0.434 e. The number of benzene rings is 1. The average molecular weight is 698 g/mol. The van der Waals surface area contributed by atoms with Gasteiger partial charge in [-0.3, -0.25) is 19.8 Å². The number of carbonyl (C=O) groups is 2. The molecule has 2 amide bonds. The van der Waals surface area contributed by atoms with Gasteiger partial charge < -0.3 is 19.5 Å². The highest BCUT2D eigenvalue weighted by Gasteiger charge is 2.34. The van der Waals surface area contributed by atoms with Crippen molar-refractivity contribution in [2.45, 2.75) is 38.9 Å². The number of amides is 2. The van der Waals surface area contributed by atoms with Gasteiger partial charge in [-0.25, -0.2) is 14.8 Å². The molecule has 0 unspecified atom stereocenters. The Morgan fingerprint density at radius 2 is 1.86 bits per heavy atom. The Morgan fingerprint density at radius 3 is 2.57 bits per heavy atom. The Labute approximate surface area is 285 Å². The number of likely N-dealkylation sites (tertiary alicyclic amines) is 1. The molecule has 3 aromatic heterocycles. The SMILES string of the molecule is CCNC(=O)Nc1cc(-c2nc(C(F)(F)F)cs2)c(-c2ccc3c(c2)c(=O)c(C(C)=O)cn3[C@@H]2CCCN(CCN3CCOCC3)C2)cn1. The molecule has 0 bridgehead atoms. The molecule has 2 N–H and O–H groups in total. The summed E-state index contributed by atoms with van der Waals surface area (Å²) in [5, 5.41) is 6.51. The number of urea groups is 1. The van der Waals surface area contributed by atoms with Gasteiger partial charge in [-0.1, -0.05) is 6.07 Å². The molecule has 5 heterocycles. The van der Waals surface area contributed by atoms with Crippen LogP contribution in [0.4, 0.5) is 23.8 Å². The van der Waals surface area contributed by atoms with Gasteiger partial charge in [0, 0.05) is 79.6 Å². The number of carbonyl (C=O) groups excluding carboxylic acids is 2. The van der Waals surface area contributed by atoms with E-state index in [9.17, 15) is 27.6 Å². The lowest BCUT2D eigenvalue weighted by atomic mass is 9.97. The third-order valence-corrected chi connectivity index (χ3v) is 9.82. The number of ether oxygens (including phenoxy) is 1. The predicted molar refractivity (Wildman–Crippen MR) is 182 cm³/mol. The molecular formula is C34H38F3N7O4S. The number of fused-ring (bicyclic) bond motifs is 1. The molecule has 0 spiro atoms. The predicted octanol–water partition coefficient (Wildman–Crippen LogP) is 5.52. The fraction of sp³-hybridized carbons (Fsp3) is 0.441. The van der Waals surface area contributed by atoms with E-state index >= 15 is 0 Å². The first-order valence-corrected chi connectivity index (χ1v) is 17.2. The molecule has 49 heavy (non-hydrogen) atoms. The van der Waals surface area contributed by atoms with E-state index in [1.807, 2.05) is 10.6 Å². The van der Waals surface area contributed by atoms with Gasteiger partial charge in [0.25, 0.3) is 0 Å². The van der Waals surface area contributed by atoms with Crippen LogP contribution < -0.4 is 16.1 Å². The number of alkyl halides is 3. The molecule has 4 aromatic rings. The second kappa shape index (κ2) is 14.7. The normalized spacial score (nSPS) is 17.7. The van der Waals surface area contributed by atoms with E-state index in [2.05, 4.69) is 30.4 Å². The zero-order chi connectivity index (χ0) is 34.7. The molecule has 1 aromatic carbocycles. The number of halogens is 3. The van der Waals surface area contributed by atoms with Crippen LogP contribution in [0.15, 0.2) is 46.8 Å². The van der Waals surface area contributed by atoms with Crippen molar-refractivity contribution in [3.05, 3.63) is 63.5 Å². The highest BCUT2D eigenvalue weighted by atomic mass is 32.1. The highest BCUT2D eigenvalue weighted by molar-refractivity contribution is 7.13. The van der Waals surface area contributed by atoms with Gasteiger partial charge in [-0.15, -0.1) is 11.3 Å². The minimum absolute atomic E-state index is 0.0263. The van der Waals surface area contributed by atoms with Crippen molar-refractivity contribution in [1.29, 1.82) is 0 Å². The summed E-state index contributed by atoms with van der Waals surface area (Å²) < 4.78 is 48.1. The van der Waals surface area contributed by atoms with Crippen LogP contribution >= 0.6 is 11.3 Å². The summed E-state index contributed by atoms with van der Waals surface area (Å²) in [5.41, 5.74) is 0.501. The van der Waals surface area contributed by atoms with Gasteiger partial charge in [0.1, 0.15) is 10.8 Å². The second-order valence-corrected chi connectivity index (χ2v) is 13.1. The number of Topliss-reactive ketones (excluding diaryl/α,β-unsaturated/α-hetero) is 1. The molecule has 2 aliphatic heterocycles. The summed E-state index contributed by atoms with van der Waals surface area (Å²) in [6.45, 7) is 10.4. The fourth-order valence-electron chi connectivity index (χ4n) is 6.42. The van der Waals surface area contributed by atoms with Crippen molar-refractivity contribution in [3.63, 3.8) is 0 Å². The summed E-state index contributed by atoms with van der Waals surface area (Å²) in [7, 11) is 0. The Morgan fingerprint density at radius 1 is 1.08 bits per heavy atom. The van der Waals surface area contributed by atoms with Crippen molar-refractivity contribution < 1.29 is 27.5 Å². The van der Waals surface area contributed by atoms with E-state index < -0.39 is 23.3 Å². The number of morpholine rings is 1. The lowest BCUT2D eigenvalue weighted by Crippen LogP contribution is -2.44. The zero-order valence-electron chi connectivity index (χ0n) is 27.3. The maximum absolute atomic E-state index is 13.8. The minimum Gasteiger partial charge on any atom is -0.379 e. The fourth-order valence-corrected chi connectivity index (χ4v) is 7.28. The zero-order valence-corrected chi connectivity index (χ0v) is 28.1. The molecule has 1 atom stereocenters. The molecule has 2 aliphatic rings. The molecule has 0 saturated carbocycles. The third-order valence-electron chi connectivity index (χ3n) is 8.94. The van der Waals surface area contributed by atoms with E-state index in [1.54, 1.807) is 25.3 Å². The van der Waals surface area contributed by atoms with E-state index in [0.717, 1.165) is 82.0 Å². The van der Waals surface area contributed by atoms with Crippen LogP contribution in [0.5, 0.6) is 0 Å². The Hall–Kier alpha value is -4.18. The van der Waals surface area contributed by atoms with Crippen LogP contribution in [-0.2, 0) is 10.9 Å². The van der Waals surface area contributed by atoms with Crippen molar-refractivity contribution in [2.75, 3.05) is 64.3 Å². The average Bonchev–Trinajstić information content (AvgIpc) is 3.60. The quantitative estimate of drug-likeness (QED) is 0.220. The van der Waals surface area contributed by atoms with Crippen molar-refractivity contribution >= 4 is 39.9 Å². The monoisotopic (exact) mass is 697 g/mol. The van der Waals surface area contributed by atoms with Gasteiger partial charge in [-0.05, 0) is 57.0 Å². The Kier molecular flexibility index (Phi) is 10.4. The standard InChI is InChI=1S/C34H38F3N7O4S/c1-3-38-33(47)41-30-16-24(32-40-29(20-49-32)34(35,36)37)26(17-39-30)22-6-7-28-25(15-22)31(46)27(21(2)45)19-44(28)23-5-4-8-43(18-23)10-9-42-11-13-48-14-12-42/h6-7,15-17,19-20,23H,3-5,8-14,18H2,1-2H3,(H2,38,39,41,47)/t23-/m1/s1. The van der Waals surface area contributed by atoms with Gasteiger partial charge in [-0.2, -0.15) is 13.2 Å². The number of hydrogen-bond donors (Lipinski definition) is 2. The maximum atomic E-state index is 13.8. The van der Waals surface area contributed by atoms with Gasteiger partial charge in [0.15, 0.2) is 16.9 Å². The molecule has 0 radical (unpaired) electrons. The Bertz CT molecular complexity index is 1900. The lowest BCUT2D eigenvalue weighted by molar-refractivity contribution is -0.140. The van der Waals surface area contributed by atoms with Crippen LogP contribution in [0, 0.1) is 0 Å². The van der Waals surface area contributed by atoms with Crippen LogP contribution in [0.25, 0.3) is 32.6 Å². The molecule has 11 nitrogen and oxygen atoms in total. The highest BCUT2D eigenvalue weighted by Crippen LogP contribution is 2.39. The summed E-state index contributed by atoms with van der Waals surface area (Å²) in [6, 6.07) is 6.24. The first-order chi connectivity index (χ1) is 23.5. The third kappa shape index (κ3) is 7.85. The van der Waals surface area contributed by atoms with E-state index in [1.165, 1.54) is 19.2 Å². The largest absolute Gasteiger partial charge is 0.434 e. The summed E-state index contributed by atoms with van der Waals surface area (Å²) in [6.07, 6.45) is 0.316. The number of anilines is 1. The molecule has 6 rings (SSSR count). The number of pyridine rings is 2. The summed E-state index contributed by atoms with van der Waals surface area (Å²) >= 11 is 0.812. The topological polar surface area (TPSA) is 122 Å². The number of ketones is 1. The van der Waals surface area contributed by atoms with Crippen LogP contribution in [0.1, 0.15) is 48.8 Å². The van der Waals surface area contributed by atoms with Crippen LogP contribution in [0.2, 0.25) is 0 Å². The van der Waals surface area contributed by atoms with Crippen molar-refractivity contribution in [1.82, 2.24) is 29.7 Å². The van der Waals surface area contributed by atoms with Gasteiger partial charge in [0.05, 0.1) is 24.3 Å². The number of nitrogens with one attached hydrogen (secondary N) is 2. The summed E-state index contributed by atoms with van der Waals surface area (Å²) in [4.78, 5) is 51.8. The van der Waals surface area contributed by atoms with Crippen molar-refractivity contribution in [2.24, 2.45) is 0 Å². The smallest absolute Gasteiger partial charge is 0.379 e. The number of aromatic nitrogens is 3. The second-order valence-electron chi connectivity index (χ2n) is 12.3. The molecular weight excluding hydrogens is 659 g/mol. The first kappa shape index (κ1) is 34.7. The lowest BCUT2D eigenvalue weighted by Gasteiger charge is -2.36. The number of thiazole rings is 1. The van der Waals surface area contributed by atoms with Gasteiger partial charge in [0.2, 0.25) is 0 Å². The van der Waals surface area contributed by atoms with E-state index in [4.69, 9.17) is 4.74 Å². The molecule has 15 heteroatoms. The number of nitrogens with zero attached hydrogens (tertiary/aromatic N) is 5.